The normalized spacial score (nSPS) is 14.4. The van der Waals surface area contributed by atoms with E-state index in [0.717, 1.165) is 24.2 Å². The standard InChI is InChI=1S/C25H33N3O5/c1-16(2)15-32-20-11-17(3)12-21-24(20)18(4)19(25(31)33-21)13-22(29)27(6)14-23(30)28-9-7-26(5)8-10-28/h11-12H,1,7-10,13-15H2,2-6H3. The Morgan fingerprint density at radius 1 is 1.18 bits per heavy atom. The Balaban J connectivity index is 1.81. The molecule has 2 heterocycles. The molecule has 2 amide bonds. The molecule has 3 rings (SSSR count). The molecule has 1 aromatic heterocycles. The summed E-state index contributed by atoms with van der Waals surface area (Å²) in [6.45, 7) is 12.7. The lowest BCUT2D eigenvalue weighted by atomic mass is 10.0. The lowest BCUT2D eigenvalue weighted by Gasteiger charge is -2.33. The van der Waals surface area contributed by atoms with Gasteiger partial charge in [-0.05, 0) is 56.7 Å². The lowest BCUT2D eigenvalue weighted by Crippen LogP contribution is -2.50. The van der Waals surface area contributed by atoms with Crippen LogP contribution in [-0.2, 0) is 16.0 Å². The van der Waals surface area contributed by atoms with Gasteiger partial charge in [-0.2, -0.15) is 0 Å². The number of rotatable bonds is 7. The van der Waals surface area contributed by atoms with Crippen molar-refractivity contribution in [2.75, 3.05) is 53.4 Å². The van der Waals surface area contributed by atoms with Crippen molar-refractivity contribution in [2.45, 2.75) is 27.2 Å². The minimum absolute atomic E-state index is 0.0212. The zero-order valence-electron chi connectivity index (χ0n) is 20.2. The molecule has 2 aromatic rings. The average molecular weight is 456 g/mol. The molecule has 0 N–H and O–H groups in total. The predicted molar refractivity (Wildman–Crippen MR) is 128 cm³/mol. The highest BCUT2D eigenvalue weighted by Crippen LogP contribution is 2.31. The van der Waals surface area contributed by atoms with Crippen molar-refractivity contribution in [3.05, 3.63) is 51.4 Å². The summed E-state index contributed by atoms with van der Waals surface area (Å²) in [7, 11) is 3.60. The highest BCUT2D eigenvalue weighted by molar-refractivity contribution is 5.90. The first-order valence-corrected chi connectivity index (χ1v) is 11.1. The Hall–Kier alpha value is -3.13. The highest BCUT2D eigenvalue weighted by Gasteiger charge is 2.24. The molecule has 1 aliphatic heterocycles. The van der Waals surface area contributed by atoms with Crippen LogP contribution in [0.2, 0.25) is 0 Å². The Bertz CT molecular complexity index is 1130. The molecule has 0 bridgehead atoms. The minimum Gasteiger partial charge on any atom is -0.488 e. The summed E-state index contributed by atoms with van der Waals surface area (Å²) in [6.07, 6.45) is -0.148. The Kier molecular flexibility index (Phi) is 7.58. The van der Waals surface area contributed by atoms with Crippen LogP contribution in [0.5, 0.6) is 5.75 Å². The summed E-state index contributed by atoms with van der Waals surface area (Å²) in [5, 5.41) is 0.667. The van der Waals surface area contributed by atoms with E-state index in [1.54, 1.807) is 24.9 Å². The summed E-state index contributed by atoms with van der Waals surface area (Å²) >= 11 is 0. The van der Waals surface area contributed by atoms with E-state index in [1.165, 1.54) is 4.90 Å². The van der Waals surface area contributed by atoms with E-state index in [-0.39, 0.29) is 30.3 Å². The van der Waals surface area contributed by atoms with Crippen LogP contribution < -0.4 is 10.4 Å². The van der Waals surface area contributed by atoms with E-state index >= 15 is 0 Å². The van der Waals surface area contributed by atoms with Gasteiger partial charge in [-0.15, -0.1) is 0 Å². The molecule has 0 saturated carbocycles. The van der Waals surface area contributed by atoms with Gasteiger partial charge < -0.3 is 23.9 Å². The lowest BCUT2D eigenvalue weighted by molar-refractivity contribution is -0.140. The molecule has 178 valence electrons. The van der Waals surface area contributed by atoms with E-state index in [0.29, 0.717) is 42.0 Å². The third-order valence-electron chi connectivity index (χ3n) is 5.94. The number of likely N-dealkylation sites (N-methyl/N-ethyl adjacent to an activating group) is 2. The SMILES string of the molecule is C=C(C)COc1cc(C)cc2oc(=O)c(CC(=O)N(C)CC(=O)N3CCN(C)CC3)c(C)c12. The maximum atomic E-state index is 12.9. The zero-order valence-corrected chi connectivity index (χ0v) is 20.2. The van der Waals surface area contributed by atoms with E-state index < -0.39 is 5.63 Å². The fraction of sp³-hybridized carbons (Fsp3) is 0.480. The monoisotopic (exact) mass is 455 g/mol. The number of ether oxygens (including phenoxy) is 1. The number of hydrogen-bond donors (Lipinski definition) is 0. The smallest absolute Gasteiger partial charge is 0.340 e. The van der Waals surface area contributed by atoms with Gasteiger partial charge in [0.05, 0.1) is 23.9 Å². The van der Waals surface area contributed by atoms with Gasteiger partial charge in [0, 0.05) is 33.2 Å². The van der Waals surface area contributed by atoms with Crippen molar-refractivity contribution in [3.63, 3.8) is 0 Å². The number of amides is 2. The molecule has 0 radical (unpaired) electrons. The average Bonchev–Trinajstić information content (AvgIpc) is 2.74. The Labute approximate surface area is 194 Å². The highest BCUT2D eigenvalue weighted by atomic mass is 16.5. The van der Waals surface area contributed by atoms with Gasteiger partial charge >= 0.3 is 5.63 Å². The molecule has 1 aliphatic rings. The number of carbonyl (C=O) groups is 2. The van der Waals surface area contributed by atoms with Crippen LogP contribution in [-0.4, -0.2) is 79.9 Å². The molecule has 33 heavy (non-hydrogen) atoms. The second-order valence-electron chi connectivity index (χ2n) is 8.99. The van der Waals surface area contributed by atoms with Crippen LogP contribution in [0.3, 0.4) is 0 Å². The van der Waals surface area contributed by atoms with Crippen LogP contribution in [0.1, 0.15) is 23.6 Å². The van der Waals surface area contributed by atoms with Crippen molar-refractivity contribution in [3.8, 4) is 5.75 Å². The van der Waals surface area contributed by atoms with Crippen LogP contribution in [0.25, 0.3) is 11.0 Å². The van der Waals surface area contributed by atoms with E-state index in [2.05, 4.69) is 11.5 Å². The molecule has 0 spiro atoms. The first-order chi connectivity index (χ1) is 15.6. The number of benzene rings is 1. The first kappa shape index (κ1) is 24.5. The second kappa shape index (κ2) is 10.2. The van der Waals surface area contributed by atoms with Gasteiger partial charge in [0.1, 0.15) is 17.9 Å². The third kappa shape index (κ3) is 5.82. The van der Waals surface area contributed by atoms with Crippen molar-refractivity contribution < 1.29 is 18.7 Å². The Morgan fingerprint density at radius 2 is 1.85 bits per heavy atom. The summed E-state index contributed by atoms with van der Waals surface area (Å²) < 4.78 is 11.5. The molecule has 0 atom stereocenters. The number of carbonyl (C=O) groups excluding carboxylic acids is 2. The van der Waals surface area contributed by atoms with Crippen molar-refractivity contribution in [1.82, 2.24) is 14.7 Å². The minimum atomic E-state index is -0.552. The molecular formula is C25H33N3O5. The van der Waals surface area contributed by atoms with Crippen molar-refractivity contribution in [2.24, 2.45) is 0 Å². The maximum absolute atomic E-state index is 12.9. The van der Waals surface area contributed by atoms with Gasteiger partial charge in [0.2, 0.25) is 11.8 Å². The number of hydrogen-bond acceptors (Lipinski definition) is 6. The summed E-state index contributed by atoms with van der Waals surface area (Å²) in [6, 6.07) is 3.66. The summed E-state index contributed by atoms with van der Waals surface area (Å²) in [5.41, 5.74) is 2.54. The third-order valence-corrected chi connectivity index (χ3v) is 5.94. The molecule has 8 nitrogen and oxygen atoms in total. The van der Waals surface area contributed by atoms with Gasteiger partial charge in [0.15, 0.2) is 0 Å². The molecule has 1 aromatic carbocycles. The van der Waals surface area contributed by atoms with Gasteiger partial charge in [-0.3, -0.25) is 9.59 Å². The topological polar surface area (TPSA) is 83.3 Å². The number of fused-ring (bicyclic) bond motifs is 1. The molecular weight excluding hydrogens is 422 g/mol. The largest absolute Gasteiger partial charge is 0.488 e. The first-order valence-electron chi connectivity index (χ1n) is 11.1. The van der Waals surface area contributed by atoms with E-state index in [9.17, 15) is 14.4 Å². The number of piperazine rings is 1. The number of aryl methyl sites for hydroxylation is 2. The molecule has 1 fully saturated rings. The number of nitrogens with zero attached hydrogens (tertiary/aromatic N) is 3. The maximum Gasteiger partial charge on any atom is 0.340 e. The molecule has 0 aliphatic carbocycles. The molecule has 1 saturated heterocycles. The van der Waals surface area contributed by atoms with Gasteiger partial charge in [-0.25, -0.2) is 4.79 Å². The van der Waals surface area contributed by atoms with Crippen LogP contribution >= 0.6 is 0 Å². The fourth-order valence-electron chi connectivity index (χ4n) is 3.89. The predicted octanol–water partition coefficient (Wildman–Crippen LogP) is 2.14. The molecule has 0 unspecified atom stereocenters. The zero-order chi connectivity index (χ0) is 24.3. The van der Waals surface area contributed by atoms with Crippen LogP contribution in [0, 0.1) is 13.8 Å². The summed E-state index contributed by atoms with van der Waals surface area (Å²) in [4.78, 5) is 43.5. The summed E-state index contributed by atoms with van der Waals surface area (Å²) in [5.74, 6) is 0.178. The second-order valence-corrected chi connectivity index (χ2v) is 8.99. The fourth-order valence-corrected chi connectivity index (χ4v) is 3.89. The van der Waals surface area contributed by atoms with Crippen LogP contribution in [0.4, 0.5) is 0 Å². The van der Waals surface area contributed by atoms with E-state index in [4.69, 9.17) is 9.15 Å². The van der Waals surface area contributed by atoms with Gasteiger partial charge in [-0.1, -0.05) is 6.58 Å². The van der Waals surface area contributed by atoms with Crippen molar-refractivity contribution >= 4 is 22.8 Å². The quantitative estimate of drug-likeness (QED) is 0.470. The van der Waals surface area contributed by atoms with Gasteiger partial charge in [0.25, 0.3) is 0 Å². The van der Waals surface area contributed by atoms with Crippen LogP contribution in [0.15, 0.2) is 33.5 Å². The molecule has 8 heteroatoms. The van der Waals surface area contributed by atoms with E-state index in [1.807, 2.05) is 27.0 Å². The Morgan fingerprint density at radius 3 is 2.48 bits per heavy atom. The van der Waals surface area contributed by atoms with Crippen molar-refractivity contribution in [1.29, 1.82) is 0 Å².